The Balaban J connectivity index is 2.05. The van der Waals surface area contributed by atoms with E-state index >= 15 is 0 Å². The molecule has 1 saturated heterocycles. The average molecular weight is 227 g/mol. The van der Waals surface area contributed by atoms with Gasteiger partial charge >= 0.3 is 0 Å². The zero-order valence-corrected chi connectivity index (χ0v) is 10.6. The molecule has 0 aromatic heterocycles. The summed E-state index contributed by atoms with van der Waals surface area (Å²) in [5.74, 6) is 0.109. The molecular weight excluding hydrogens is 202 g/mol. The maximum atomic E-state index is 11.0. The molecule has 0 aliphatic carbocycles. The Labute approximate surface area is 98.8 Å². The second kappa shape index (κ2) is 7.63. The molecule has 0 aromatic carbocycles. The lowest BCUT2D eigenvalue weighted by Crippen LogP contribution is -2.43. The summed E-state index contributed by atoms with van der Waals surface area (Å²) in [4.78, 5) is 13.5. The molecule has 0 spiro atoms. The van der Waals surface area contributed by atoms with Crippen molar-refractivity contribution in [3.8, 4) is 0 Å². The molecule has 2 N–H and O–H groups in total. The highest BCUT2D eigenvalue weighted by Gasteiger charge is 2.15. The van der Waals surface area contributed by atoms with Crippen LogP contribution in [-0.4, -0.2) is 50.1 Å². The predicted octanol–water partition coefficient (Wildman–Crippen LogP) is 0.587. The minimum absolute atomic E-state index is 0.109. The van der Waals surface area contributed by atoms with Gasteiger partial charge in [-0.15, -0.1) is 0 Å². The summed E-state index contributed by atoms with van der Waals surface area (Å²) in [6.45, 7) is 6.49. The van der Waals surface area contributed by atoms with Crippen LogP contribution >= 0.6 is 0 Å². The van der Waals surface area contributed by atoms with Gasteiger partial charge in [0, 0.05) is 32.6 Å². The number of piperidine rings is 1. The van der Waals surface area contributed by atoms with E-state index in [9.17, 15) is 4.79 Å². The van der Waals surface area contributed by atoms with Crippen LogP contribution in [-0.2, 0) is 4.79 Å². The summed E-state index contributed by atoms with van der Waals surface area (Å²) >= 11 is 0. The van der Waals surface area contributed by atoms with E-state index in [-0.39, 0.29) is 5.91 Å². The van der Waals surface area contributed by atoms with Crippen LogP contribution in [0.3, 0.4) is 0 Å². The fourth-order valence-electron chi connectivity index (χ4n) is 2.13. The number of carbonyl (C=O) groups is 1. The molecule has 1 amide bonds. The number of likely N-dealkylation sites (tertiary alicyclic amines) is 1. The summed E-state index contributed by atoms with van der Waals surface area (Å²) in [7, 11) is 1.68. The molecule has 1 unspecified atom stereocenters. The number of hydrogen-bond donors (Lipinski definition) is 2. The molecule has 1 aliphatic heterocycles. The number of nitrogens with one attached hydrogen (secondary N) is 2. The largest absolute Gasteiger partial charge is 0.359 e. The maximum Gasteiger partial charge on any atom is 0.221 e. The van der Waals surface area contributed by atoms with Crippen molar-refractivity contribution in [3.63, 3.8) is 0 Å². The van der Waals surface area contributed by atoms with Crippen molar-refractivity contribution >= 4 is 5.91 Å². The van der Waals surface area contributed by atoms with E-state index in [1.54, 1.807) is 7.05 Å². The maximum absolute atomic E-state index is 11.0. The molecule has 1 atom stereocenters. The van der Waals surface area contributed by atoms with Crippen LogP contribution in [0.15, 0.2) is 0 Å². The third-order valence-corrected chi connectivity index (χ3v) is 3.26. The number of rotatable bonds is 6. The van der Waals surface area contributed by atoms with Crippen molar-refractivity contribution in [1.29, 1.82) is 0 Å². The lowest BCUT2D eigenvalue weighted by molar-refractivity contribution is -0.120. The summed E-state index contributed by atoms with van der Waals surface area (Å²) in [6, 6.07) is 0.588. The van der Waals surface area contributed by atoms with Gasteiger partial charge in [0.1, 0.15) is 0 Å². The zero-order chi connectivity index (χ0) is 11.8. The Morgan fingerprint density at radius 2 is 2.00 bits per heavy atom. The highest BCUT2D eigenvalue weighted by Crippen LogP contribution is 2.11. The van der Waals surface area contributed by atoms with Crippen molar-refractivity contribution in [1.82, 2.24) is 15.5 Å². The molecule has 1 rings (SSSR count). The van der Waals surface area contributed by atoms with E-state index in [0.29, 0.717) is 12.5 Å². The van der Waals surface area contributed by atoms with Crippen molar-refractivity contribution in [2.24, 2.45) is 0 Å². The fraction of sp³-hybridized carbons (Fsp3) is 0.917. The number of nitrogens with zero attached hydrogens (tertiary/aromatic N) is 1. The summed E-state index contributed by atoms with van der Waals surface area (Å²) < 4.78 is 0. The van der Waals surface area contributed by atoms with Crippen LogP contribution in [0.2, 0.25) is 0 Å². The zero-order valence-electron chi connectivity index (χ0n) is 10.6. The topological polar surface area (TPSA) is 44.4 Å². The van der Waals surface area contributed by atoms with Gasteiger partial charge in [0.05, 0.1) is 0 Å². The van der Waals surface area contributed by atoms with Crippen LogP contribution in [0.5, 0.6) is 0 Å². The summed E-state index contributed by atoms with van der Waals surface area (Å²) in [6.07, 6.45) is 4.63. The van der Waals surface area contributed by atoms with Crippen LogP contribution in [0.1, 0.15) is 32.6 Å². The first-order valence-electron chi connectivity index (χ1n) is 6.39. The normalized spacial score (nSPS) is 19.4. The number of carbonyl (C=O) groups excluding carboxylic acids is 1. The minimum atomic E-state index is 0.109. The lowest BCUT2D eigenvalue weighted by atomic mass is 10.1. The van der Waals surface area contributed by atoms with Gasteiger partial charge in [-0.05, 0) is 32.9 Å². The van der Waals surface area contributed by atoms with Crippen LogP contribution < -0.4 is 10.6 Å². The Hall–Kier alpha value is -0.610. The van der Waals surface area contributed by atoms with Crippen molar-refractivity contribution < 1.29 is 4.79 Å². The highest BCUT2D eigenvalue weighted by molar-refractivity contribution is 5.75. The predicted molar refractivity (Wildman–Crippen MR) is 66.4 cm³/mol. The number of hydrogen-bond acceptors (Lipinski definition) is 3. The van der Waals surface area contributed by atoms with E-state index in [2.05, 4.69) is 22.5 Å². The minimum Gasteiger partial charge on any atom is -0.359 e. The third-order valence-electron chi connectivity index (χ3n) is 3.26. The molecule has 1 aliphatic rings. The quantitative estimate of drug-likeness (QED) is 0.653. The Kier molecular flexibility index (Phi) is 6.42. The molecule has 94 valence electrons. The van der Waals surface area contributed by atoms with Gasteiger partial charge in [0.15, 0.2) is 0 Å². The van der Waals surface area contributed by atoms with E-state index in [0.717, 1.165) is 13.1 Å². The van der Waals surface area contributed by atoms with Gasteiger partial charge < -0.3 is 10.6 Å². The smallest absolute Gasteiger partial charge is 0.221 e. The molecule has 0 bridgehead atoms. The molecule has 4 nitrogen and oxygen atoms in total. The van der Waals surface area contributed by atoms with Gasteiger partial charge in [-0.3, -0.25) is 9.69 Å². The molecular formula is C12H25N3O. The van der Waals surface area contributed by atoms with Crippen LogP contribution in [0.25, 0.3) is 0 Å². The van der Waals surface area contributed by atoms with Gasteiger partial charge in [0.2, 0.25) is 5.91 Å². The van der Waals surface area contributed by atoms with Gasteiger partial charge in [0.25, 0.3) is 0 Å². The van der Waals surface area contributed by atoms with E-state index < -0.39 is 0 Å². The van der Waals surface area contributed by atoms with Gasteiger partial charge in [-0.1, -0.05) is 6.42 Å². The SMILES string of the molecule is CNC(=O)CCNCC(C)N1CCCCC1. The highest BCUT2D eigenvalue weighted by atomic mass is 16.1. The van der Waals surface area contributed by atoms with E-state index in [4.69, 9.17) is 0 Å². The molecule has 4 heteroatoms. The van der Waals surface area contributed by atoms with E-state index in [1.807, 2.05) is 0 Å². The van der Waals surface area contributed by atoms with Crippen molar-refractivity contribution in [2.75, 3.05) is 33.2 Å². The van der Waals surface area contributed by atoms with Crippen molar-refractivity contribution in [2.45, 2.75) is 38.6 Å². The van der Waals surface area contributed by atoms with Gasteiger partial charge in [-0.25, -0.2) is 0 Å². The molecule has 0 aromatic rings. The average Bonchev–Trinajstić information content (AvgIpc) is 2.35. The van der Waals surface area contributed by atoms with Crippen LogP contribution in [0.4, 0.5) is 0 Å². The lowest BCUT2D eigenvalue weighted by Gasteiger charge is -2.32. The number of amides is 1. The Morgan fingerprint density at radius 1 is 1.31 bits per heavy atom. The standard InChI is InChI=1S/C12H25N3O/c1-11(15-8-4-3-5-9-15)10-14-7-6-12(16)13-2/h11,14H,3-10H2,1-2H3,(H,13,16). The molecule has 1 fully saturated rings. The molecule has 1 heterocycles. The van der Waals surface area contributed by atoms with E-state index in [1.165, 1.54) is 32.4 Å². The second-order valence-corrected chi connectivity index (χ2v) is 4.57. The molecule has 16 heavy (non-hydrogen) atoms. The summed E-state index contributed by atoms with van der Waals surface area (Å²) in [5, 5.41) is 5.97. The first kappa shape index (κ1) is 13.5. The first-order chi connectivity index (χ1) is 7.74. The molecule has 0 radical (unpaired) electrons. The third kappa shape index (κ3) is 4.94. The second-order valence-electron chi connectivity index (χ2n) is 4.57. The molecule has 0 saturated carbocycles. The van der Waals surface area contributed by atoms with Crippen molar-refractivity contribution in [3.05, 3.63) is 0 Å². The van der Waals surface area contributed by atoms with Crippen LogP contribution in [0, 0.1) is 0 Å². The fourth-order valence-corrected chi connectivity index (χ4v) is 2.13. The summed E-state index contributed by atoms with van der Waals surface area (Å²) in [5.41, 5.74) is 0. The van der Waals surface area contributed by atoms with Gasteiger partial charge in [-0.2, -0.15) is 0 Å². The first-order valence-corrected chi connectivity index (χ1v) is 6.39. The Bertz CT molecular complexity index is 202. The monoisotopic (exact) mass is 227 g/mol. The Morgan fingerprint density at radius 3 is 2.62 bits per heavy atom.